The van der Waals surface area contributed by atoms with E-state index in [1.165, 1.54) is 4.90 Å². The summed E-state index contributed by atoms with van der Waals surface area (Å²) >= 11 is 0. The summed E-state index contributed by atoms with van der Waals surface area (Å²) < 4.78 is 21.4. The summed E-state index contributed by atoms with van der Waals surface area (Å²) in [5.41, 5.74) is 0. The van der Waals surface area contributed by atoms with Crippen molar-refractivity contribution in [3.8, 4) is 0 Å². The van der Waals surface area contributed by atoms with Gasteiger partial charge in [0.1, 0.15) is 5.75 Å². The average Bonchev–Trinajstić information content (AvgIpc) is 1.82. The van der Waals surface area contributed by atoms with E-state index in [0.717, 1.165) is 6.26 Å². The van der Waals surface area contributed by atoms with E-state index < -0.39 is 15.6 Å². The van der Waals surface area contributed by atoms with Gasteiger partial charge >= 0.3 is 0 Å². The van der Waals surface area contributed by atoms with Crippen LogP contribution in [0.3, 0.4) is 0 Å². The van der Waals surface area contributed by atoms with Crippen molar-refractivity contribution < 1.29 is 13.2 Å². The lowest BCUT2D eigenvalue weighted by Crippen LogP contribution is -2.36. The number of carbonyl (C=O) groups excluding carboxylic acids is 1. The van der Waals surface area contributed by atoms with Crippen molar-refractivity contribution in [3.63, 3.8) is 0 Å². The lowest BCUT2D eigenvalue weighted by molar-refractivity contribution is -0.128. The van der Waals surface area contributed by atoms with Gasteiger partial charge in [-0.2, -0.15) is 0 Å². The summed E-state index contributed by atoms with van der Waals surface area (Å²) in [7, 11) is -1.60. The minimum Gasteiger partial charge on any atom is -0.342 e. The standard InChI is InChI=1S/C7H15NO3S/c1-6(2)8(3)7(9)5-12(4,10)11/h6H,5H2,1-4H3. The Hall–Kier alpha value is -0.580. The van der Waals surface area contributed by atoms with Crippen LogP contribution in [0.5, 0.6) is 0 Å². The molecule has 0 aliphatic rings. The van der Waals surface area contributed by atoms with E-state index >= 15 is 0 Å². The Balaban J connectivity index is 4.25. The highest BCUT2D eigenvalue weighted by atomic mass is 32.2. The first-order valence-corrected chi connectivity index (χ1v) is 5.73. The second-order valence-electron chi connectivity index (χ2n) is 3.17. The zero-order valence-corrected chi connectivity index (χ0v) is 8.68. The van der Waals surface area contributed by atoms with E-state index in [9.17, 15) is 13.2 Å². The molecule has 0 saturated heterocycles. The molecule has 0 aromatic rings. The van der Waals surface area contributed by atoms with Crippen LogP contribution in [-0.2, 0) is 14.6 Å². The Labute approximate surface area is 73.5 Å². The number of amides is 1. The third kappa shape index (κ3) is 4.33. The molecule has 0 bridgehead atoms. The first-order chi connectivity index (χ1) is 5.24. The lowest BCUT2D eigenvalue weighted by Gasteiger charge is -2.20. The van der Waals surface area contributed by atoms with Gasteiger partial charge in [-0.25, -0.2) is 8.42 Å². The molecule has 0 radical (unpaired) electrons. The van der Waals surface area contributed by atoms with Crippen LogP contribution in [0.1, 0.15) is 13.8 Å². The monoisotopic (exact) mass is 193 g/mol. The summed E-state index contributed by atoms with van der Waals surface area (Å²) in [6.45, 7) is 3.67. The van der Waals surface area contributed by atoms with Crippen LogP contribution >= 0.6 is 0 Å². The normalized spacial score (nSPS) is 11.8. The number of nitrogens with zero attached hydrogens (tertiary/aromatic N) is 1. The predicted octanol–water partition coefficient (Wildman–Crippen LogP) is -0.102. The van der Waals surface area contributed by atoms with Crippen LogP contribution in [0.2, 0.25) is 0 Å². The molecule has 12 heavy (non-hydrogen) atoms. The van der Waals surface area contributed by atoms with E-state index in [4.69, 9.17) is 0 Å². The predicted molar refractivity (Wildman–Crippen MR) is 47.6 cm³/mol. The van der Waals surface area contributed by atoms with Crippen LogP contribution in [0.25, 0.3) is 0 Å². The Kier molecular flexibility index (Phi) is 3.70. The van der Waals surface area contributed by atoms with Crippen LogP contribution in [-0.4, -0.2) is 44.3 Å². The van der Waals surface area contributed by atoms with Crippen molar-refractivity contribution in [2.45, 2.75) is 19.9 Å². The van der Waals surface area contributed by atoms with Crippen LogP contribution in [0, 0.1) is 0 Å². The quantitative estimate of drug-likeness (QED) is 0.629. The molecule has 72 valence electrons. The fourth-order valence-electron chi connectivity index (χ4n) is 0.614. The molecule has 0 rings (SSSR count). The van der Waals surface area contributed by atoms with Crippen LogP contribution in [0.15, 0.2) is 0 Å². The van der Waals surface area contributed by atoms with E-state index in [1.54, 1.807) is 7.05 Å². The first-order valence-electron chi connectivity index (χ1n) is 3.67. The number of rotatable bonds is 3. The minimum absolute atomic E-state index is 0.0410. The lowest BCUT2D eigenvalue weighted by atomic mass is 10.3. The van der Waals surface area contributed by atoms with E-state index in [2.05, 4.69) is 0 Å². The number of hydrogen-bond acceptors (Lipinski definition) is 3. The van der Waals surface area contributed by atoms with Crippen LogP contribution in [0.4, 0.5) is 0 Å². The average molecular weight is 193 g/mol. The van der Waals surface area contributed by atoms with Gasteiger partial charge in [0.25, 0.3) is 0 Å². The van der Waals surface area contributed by atoms with Crippen molar-refractivity contribution in [2.24, 2.45) is 0 Å². The fraction of sp³-hybridized carbons (Fsp3) is 0.857. The molecule has 0 aromatic heterocycles. The summed E-state index contributed by atoms with van der Waals surface area (Å²) in [6.07, 6.45) is 1.05. The minimum atomic E-state index is -3.19. The molecule has 0 fully saturated rings. The van der Waals surface area contributed by atoms with E-state index in [-0.39, 0.29) is 11.9 Å². The maximum absolute atomic E-state index is 11.1. The second kappa shape index (κ2) is 3.89. The molecule has 0 N–H and O–H groups in total. The molecule has 0 unspecified atom stereocenters. The molecule has 0 aromatic carbocycles. The zero-order valence-electron chi connectivity index (χ0n) is 7.86. The molecular weight excluding hydrogens is 178 g/mol. The van der Waals surface area contributed by atoms with Gasteiger partial charge in [0, 0.05) is 19.3 Å². The highest BCUT2D eigenvalue weighted by Crippen LogP contribution is 1.96. The summed E-state index contributed by atoms with van der Waals surface area (Å²) in [6, 6.07) is 0.0410. The molecule has 5 heteroatoms. The second-order valence-corrected chi connectivity index (χ2v) is 5.31. The Morgan fingerprint density at radius 2 is 1.83 bits per heavy atom. The first kappa shape index (κ1) is 11.4. The molecule has 0 saturated carbocycles. The molecule has 0 spiro atoms. The summed E-state index contributed by atoms with van der Waals surface area (Å²) in [5.74, 6) is -0.755. The Bertz CT molecular complexity index is 256. The largest absolute Gasteiger partial charge is 0.342 e. The van der Waals surface area contributed by atoms with Crippen molar-refractivity contribution >= 4 is 15.7 Å². The Morgan fingerprint density at radius 3 is 2.08 bits per heavy atom. The van der Waals surface area contributed by atoms with Crippen molar-refractivity contribution in [2.75, 3.05) is 19.1 Å². The smallest absolute Gasteiger partial charge is 0.237 e. The molecule has 4 nitrogen and oxygen atoms in total. The number of sulfone groups is 1. The van der Waals surface area contributed by atoms with Gasteiger partial charge in [0.15, 0.2) is 9.84 Å². The third-order valence-corrected chi connectivity index (χ3v) is 2.32. The van der Waals surface area contributed by atoms with Gasteiger partial charge in [0.05, 0.1) is 0 Å². The number of carbonyl (C=O) groups is 1. The highest BCUT2D eigenvalue weighted by Gasteiger charge is 2.16. The topological polar surface area (TPSA) is 54.5 Å². The summed E-state index contributed by atoms with van der Waals surface area (Å²) in [4.78, 5) is 12.6. The maximum Gasteiger partial charge on any atom is 0.237 e. The molecule has 1 amide bonds. The van der Waals surface area contributed by atoms with Crippen molar-refractivity contribution in [3.05, 3.63) is 0 Å². The van der Waals surface area contributed by atoms with Gasteiger partial charge < -0.3 is 4.90 Å². The molecule has 0 heterocycles. The van der Waals surface area contributed by atoms with Gasteiger partial charge in [-0.3, -0.25) is 4.79 Å². The van der Waals surface area contributed by atoms with Gasteiger partial charge in [-0.15, -0.1) is 0 Å². The summed E-state index contributed by atoms with van der Waals surface area (Å²) in [5, 5.41) is 0. The van der Waals surface area contributed by atoms with E-state index in [1.807, 2.05) is 13.8 Å². The SMILES string of the molecule is CC(C)N(C)C(=O)CS(C)(=O)=O. The van der Waals surface area contributed by atoms with E-state index in [0.29, 0.717) is 0 Å². The zero-order chi connectivity index (χ0) is 9.94. The van der Waals surface area contributed by atoms with Gasteiger partial charge in [-0.05, 0) is 13.8 Å². The van der Waals surface area contributed by atoms with Crippen molar-refractivity contribution in [1.29, 1.82) is 0 Å². The van der Waals surface area contributed by atoms with Gasteiger partial charge in [-0.1, -0.05) is 0 Å². The van der Waals surface area contributed by atoms with Gasteiger partial charge in [0.2, 0.25) is 5.91 Å². The number of hydrogen-bond donors (Lipinski definition) is 0. The van der Waals surface area contributed by atoms with Crippen molar-refractivity contribution in [1.82, 2.24) is 4.90 Å². The highest BCUT2D eigenvalue weighted by molar-refractivity contribution is 7.91. The third-order valence-electron chi connectivity index (χ3n) is 1.55. The molecule has 0 atom stereocenters. The Morgan fingerprint density at radius 1 is 1.42 bits per heavy atom. The molecular formula is C7H15NO3S. The molecule has 0 aliphatic heterocycles. The fourth-order valence-corrected chi connectivity index (χ4v) is 1.27. The molecule has 0 aliphatic carbocycles. The maximum atomic E-state index is 11.1. The van der Waals surface area contributed by atoms with Crippen LogP contribution < -0.4 is 0 Å².